The molecule has 2 aromatic rings. The number of halogens is 3. The van der Waals surface area contributed by atoms with Crippen LogP contribution in [0.3, 0.4) is 0 Å². The van der Waals surface area contributed by atoms with Gasteiger partial charge in [0.25, 0.3) is 0 Å². The van der Waals surface area contributed by atoms with Crippen LogP contribution in [-0.2, 0) is 4.79 Å². The van der Waals surface area contributed by atoms with Gasteiger partial charge in [-0.1, -0.05) is 23.2 Å². The lowest BCUT2D eigenvalue weighted by atomic mass is 10.1. The Hall–Kier alpha value is -1.08. The molecule has 0 spiro atoms. The van der Waals surface area contributed by atoms with E-state index in [0.29, 0.717) is 22.2 Å². The molecule has 1 aliphatic rings. The predicted octanol–water partition coefficient (Wildman–Crippen LogP) is 5.52. The predicted molar refractivity (Wildman–Crippen MR) is 98.1 cm³/mol. The van der Waals surface area contributed by atoms with Gasteiger partial charge in [0.2, 0.25) is 0 Å². The zero-order chi connectivity index (χ0) is 16.7. The topological polar surface area (TPSA) is 52.9 Å². The molecule has 0 saturated heterocycles. The number of nitrogens with zero attached hydrogens (tertiary/aromatic N) is 2. The van der Waals surface area contributed by atoms with E-state index in [2.05, 4.69) is 21.0 Å². The number of hydrazone groups is 1. The van der Waals surface area contributed by atoms with Gasteiger partial charge >= 0.3 is 5.97 Å². The minimum absolute atomic E-state index is 0.116. The highest BCUT2D eigenvalue weighted by atomic mass is 79.9. The summed E-state index contributed by atoms with van der Waals surface area (Å²) in [6.07, 6.45) is 0.322. The molecule has 120 valence electrons. The van der Waals surface area contributed by atoms with Gasteiger partial charge in [-0.25, -0.2) is 4.79 Å². The van der Waals surface area contributed by atoms with E-state index in [1.165, 1.54) is 0 Å². The summed E-state index contributed by atoms with van der Waals surface area (Å²) in [7, 11) is 0. The number of anilines is 1. The second kappa shape index (κ2) is 6.43. The van der Waals surface area contributed by atoms with Crippen LogP contribution in [0.4, 0.5) is 5.69 Å². The van der Waals surface area contributed by atoms with Crippen LogP contribution in [0.2, 0.25) is 10.0 Å². The summed E-state index contributed by atoms with van der Waals surface area (Å²) in [5.41, 5.74) is 1.84. The van der Waals surface area contributed by atoms with Gasteiger partial charge in [0, 0.05) is 26.2 Å². The molecule has 1 aromatic carbocycles. The fraction of sp³-hybridized carbons (Fsp3) is 0.200. The minimum atomic E-state index is -1.02. The summed E-state index contributed by atoms with van der Waals surface area (Å²) in [6, 6.07) is 4.90. The van der Waals surface area contributed by atoms with Crippen LogP contribution in [0, 0.1) is 6.92 Å². The Labute approximate surface area is 155 Å². The molecule has 1 atom stereocenters. The number of carboxylic acids is 1. The average molecular weight is 434 g/mol. The van der Waals surface area contributed by atoms with Crippen molar-refractivity contribution in [2.24, 2.45) is 5.10 Å². The van der Waals surface area contributed by atoms with Crippen molar-refractivity contribution in [1.82, 2.24) is 0 Å². The van der Waals surface area contributed by atoms with Crippen molar-refractivity contribution in [2.45, 2.75) is 19.4 Å². The lowest BCUT2D eigenvalue weighted by molar-refractivity contribution is -0.129. The van der Waals surface area contributed by atoms with E-state index in [4.69, 9.17) is 23.2 Å². The largest absolute Gasteiger partial charge is 0.477 e. The Bertz CT molecular complexity index is 822. The Kier molecular flexibility index (Phi) is 4.69. The van der Waals surface area contributed by atoms with E-state index < -0.39 is 5.97 Å². The van der Waals surface area contributed by atoms with Crippen LogP contribution in [0.5, 0.6) is 0 Å². The fourth-order valence-electron chi connectivity index (χ4n) is 2.47. The zero-order valence-corrected chi connectivity index (χ0v) is 15.8. The number of aliphatic carboxylic acids is 1. The first-order valence-electron chi connectivity index (χ1n) is 6.67. The molecule has 3 rings (SSSR count). The third kappa shape index (κ3) is 3.13. The van der Waals surface area contributed by atoms with E-state index in [1.54, 1.807) is 34.5 Å². The molecule has 1 unspecified atom stereocenters. The average Bonchev–Trinajstić information content (AvgIpc) is 3.04. The van der Waals surface area contributed by atoms with Crippen LogP contribution in [-0.4, -0.2) is 16.8 Å². The highest BCUT2D eigenvalue weighted by Crippen LogP contribution is 2.43. The van der Waals surface area contributed by atoms with Crippen LogP contribution in [0.25, 0.3) is 0 Å². The van der Waals surface area contributed by atoms with E-state index in [9.17, 15) is 9.90 Å². The molecule has 0 amide bonds. The molecule has 2 heterocycles. The Morgan fingerprint density at radius 3 is 2.78 bits per heavy atom. The van der Waals surface area contributed by atoms with Gasteiger partial charge in [0.15, 0.2) is 0 Å². The molecule has 1 aliphatic heterocycles. The smallest absolute Gasteiger partial charge is 0.352 e. The number of carboxylic acid groups (broad SMARTS) is 1. The number of carbonyl (C=O) groups is 1. The zero-order valence-electron chi connectivity index (χ0n) is 11.9. The summed E-state index contributed by atoms with van der Waals surface area (Å²) < 4.78 is 1.00. The quantitative estimate of drug-likeness (QED) is 0.693. The SMILES string of the molecule is Cc1c(Br)csc1C1CC(C(=O)O)=NN1c1ccc(Cl)cc1Cl. The van der Waals surface area contributed by atoms with Gasteiger partial charge in [-0.15, -0.1) is 11.3 Å². The third-order valence-electron chi connectivity index (χ3n) is 3.63. The lowest BCUT2D eigenvalue weighted by Crippen LogP contribution is -2.18. The second-order valence-electron chi connectivity index (χ2n) is 5.08. The van der Waals surface area contributed by atoms with E-state index in [-0.39, 0.29) is 11.8 Å². The Morgan fingerprint density at radius 1 is 1.48 bits per heavy atom. The Morgan fingerprint density at radius 2 is 2.22 bits per heavy atom. The van der Waals surface area contributed by atoms with Gasteiger partial charge in [-0.3, -0.25) is 5.01 Å². The van der Waals surface area contributed by atoms with Gasteiger partial charge < -0.3 is 5.11 Å². The summed E-state index contributed by atoms with van der Waals surface area (Å²) in [6.45, 7) is 2.00. The van der Waals surface area contributed by atoms with E-state index in [0.717, 1.165) is 14.9 Å². The molecular formula is C15H11BrCl2N2O2S. The van der Waals surface area contributed by atoms with Crippen molar-refractivity contribution in [3.05, 3.63) is 48.5 Å². The molecular weight excluding hydrogens is 423 g/mol. The van der Waals surface area contributed by atoms with Crippen LogP contribution >= 0.6 is 50.5 Å². The highest BCUT2D eigenvalue weighted by Gasteiger charge is 2.35. The van der Waals surface area contributed by atoms with Crippen molar-refractivity contribution in [3.8, 4) is 0 Å². The van der Waals surface area contributed by atoms with Crippen LogP contribution in [0.15, 0.2) is 33.2 Å². The maximum Gasteiger partial charge on any atom is 0.352 e. The fourth-order valence-corrected chi connectivity index (χ4v) is 4.63. The minimum Gasteiger partial charge on any atom is -0.477 e. The van der Waals surface area contributed by atoms with Crippen LogP contribution in [0.1, 0.15) is 22.9 Å². The standard InChI is InChI=1S/C15H11BrCl2N2O2S/c1-7-9(16)6-23-14(7)13-5-11(15(21)22)19-20(13)12-3-2-8(17)4-10(12)18/h2-4,6,13H,5H2,1H3,(H,21,22). The van der Waals surface area contributed by atoms with Crippen molar-refractivity contribution in [3.63, 3.8) is 0 Å². The van der Waals surface area contributed by atoms with Crippen molar-refractivity contribution >= 4 is 67.8 Å². The molecule has 0 bridgehead atoms. The maximum absolute atomic E-state index is 11.4. The summed E-state index contributed by atoms with van der Waals surface area (Å²) in [5, 5.41) is 18.2. The van der Waals surface area contributed by atoms with Gasteiger partial charge in [-0.2, -0.15) is 5.10 Å². The van der Waals surface area contributed by atoms with Crippen LogP contribution < -0.4 is 5.01 Å². The van der Waals surface area contributed by atoms with Gasteiger partial charge in [-0.05, 0) is 46.6 Å². The summed E-state index contributed by atoms with van der Waals surface area (Å²) in [5.74, 6) is -1.02. The number of rotatable bonds is 3. The summed E-state index contributed by atoms with van der Waals surface area (Å²) >= 11 is 17.3. The number of benzene rings is 1. The monoisotopic (exact) mass is 432 g/mol. The van der Waals surface area contributed by atoms with Crippen molar-refractivity contribution in [1.29, 1.82) is 0 Å². The normalized spacial score (nSPS) is 17.5. The van der Waals surface area contributed by atoms with E-state index >= 15 is 0 Å². The van der Waals surface area contributed by atoms with Crippen molar-refractivity contribution < 1.29 is 9.90 Å². The summed E-state index contributed by atoms with van der Waals surface area (Å²) in [4.78, 5) is 12.4. The third-order valence-corrected chi connectivity index (χ3v) is 6.48. The molecule has 0 aliphatic carbocycles. The molecule has 1 N–H and O–H groups in total. The first kappa shape index (κ1) is 16.8. The molecule has 0 fully saturated rings. The highest BCUT2D eigenvalue weighted by molar-refractivity contribution is 9.10. The van der Waals surface area contributed by atoms with E-state index in [1.807, 2.05) is 12.3 Å². The second-order valence-corrected chi connectivity index (χ2v) is 7.69. The molecule has 23 heavy (non-hydrogen) atoms. The van der Waals surface area contributed by atoms with Gasteiger partial charge in [0.05, 0.1) is 16.8 Å². The molecule has 0 saturated carbocycles. The maximum atomic E-state index is 11.4. The number of hydrogen-bond acceptors (Lipinski definition) is 4. The number of thiophene rings is 1. The molecule has 1 aromatic heterocycles. The van der Waals surface area contributed by atoms with Crippen molar-refractivity contribution in [2.75, 3.05) is 5.01 Å². The molecule has 0 radical (unpaired) electrons. The first-order valence-corrected chi connectivity index (χ1v) is 9.10. The first-order chi connectivity index (χ1) is 10.9. The number of hydrogen-bond donors (Lipinski definition) is 1. The Balaban J connectivity index is 2.08. The molecule has 8 heteroatoms. The molecule has 4 nitrogen and oxygen atoms in total. The lowest BCUT2D eigenvalue weighted by Gasteiger charge is -2.24. The van der Waals surface area contributed by atoms with Gasteiger partial charge in [0.1, 0.15) is 5.71 Å².